The molecule has 0 radical (unpaired) electrons. The van der Waals surface area contributed by atoms with Gasteiger partial charge in [-0.05, 0) is 32.1 Å². The molecule has 0 amide bonds. The first-order chi connectivity index (χ1) is 6.66. The number of carbonyl (C=O) groups is 1. The van der Waals surface area contributed by atoms with Crippen LogP contribution in [0.3, 0.4) is 0 Å². The molecule has 1 spiro atoms. The molecule has 3 fully saturated rings. The van der Waals surface area contributed by atoms with E-state index in [9.17, 15) is 4.79 Å². The summed E-state index contributed by atoms with van der Waals surface area (Å²) in [6.07, 6.45) is 8.13. The van der Waals surface area contributed by atoms with Gasteiger partial charge < -0.3 is 4.74 Å². The molecule has 1 saturated heterocycles. The van der Waals surface area contributed by atoms with E-state index in [1.165, 1.54) is 32.1 Å². The molecule has 0 aromatic heterocycles. The average Bonchev–Trinajstić information content (AvgIpc) is 2.58. The third kappa shape index (κ3) is 0.850. The Labute approximate surface area is 85.0 Å². The van der Waals surface area contributed by atoms with Gasteiger partial charge in [0.2, 0.25) is 0 Å². The predicted octanol–water partition coefficient (Wildman–Crippen LogP) is 2.66. The molecule has 0 aromatic carbocycles. The monoisotopic (exact) mass is 194 g/mol. The zero-order valence-corrected chi connectivity index (χ0v) is 8.84. The molecule has 0 bridgehead atoms. The summed E-state index contributed by atoms with van der Waals surface area (Å²) in [6.45, 7) is 2.34. The van der Waals surface area contributed by atoms with E-state index in [2.05, 4.69) is 6.92 Å². The number of esters is 1. The first kappa shape index (κ1) is 8.75. The summed E-state index contributed by atoms with van der Waals surface area (Å²) in [4.78, 5) is 11.4. The van der Waals surface area contributed by atoms with E-state index in [0.29, 0.717) is 17.8 Å². The van der Waals surface area contributed by atoms with Crippen LogP contribution in [-0.2, 0) is 9.53 Å². The Morgan fingerprint density at radius 3 is 2.93 bits per heavy atom. The predicted molar refractivity (Wildman–Crippen MR) is 52.7 cm³/mol. The van der Waals surface area contributed by atoms with Crippen molar-refractivity contribution in [2.45, 2.75) is 57.5 Å². The minimum atomic E-state index is -0.0394. The molecule has 2 aliphatic carbocycles. The van der Waals surface area contributed by atoms with E-state index in [4.69, 9.17) is 4.74 Å². The number of hydrogen-bond acceptors (Lipinski definition) is 2. The van der Waals surface area contributed by atoms with E-state index in [-0.39, 0.29) is 11.6 Å². The second-order valence-corrected chi connectivity index (χ2v) is 5.57. The van der Waals surface area contributed by atoms with Crippen LogP contribution < -0.4 is 0 Å². The van der Waals surface area contributed by atoms with Crippen molar-refractivity contribution >= 4 is 5.97 Å². The molecule has 14 heavy (non-hydrogen) atoms. The molecule has 3 rings (SSSR count). The van der Waals surface area contributed by atoms with Crippen molar-refractivity contribution in [3.8, 4) is 0 Å². The maximum atomic E-state index is 11.4. The Bertz CT molecular complexity index is 282. The summed E-state index contributed by atoms with van der Waals surface area (Å²) in [5.74, 6) is 0.600. The molecule has 2 heteroatoms. The van der Waals surface area contributed by atoms with E-state index in [1.807, 2.05) is 0 Å². The molecular weight excluding hydrogens is 176 g/mol. The number of ether oxygens (including phenoxy) is 1. The van der Waals surface area contributed by atoms with Gasteiger partial charge in [-0.25, -0.2) is 0 Å². The third-order valence-electron chi connectivity index (χ3n) is 4.96. The zero-order chi connectivity index (χ0) is 9.81. The Morgan fingerprint density at radius 1 is 1.29 bits per heavy atom. The second-order valence-electron chi connectivity index (χ2n) is 5.57. The normalized spacial score (nSPS) is 51.2. The minimum absolute atomic E-state index is 0.0394. The van der Waals surface area contributed by atoms with E-state index < -0.39 is 0 Å². The van der Waals surface area contributed by atoms with E-state index in [1.54, 1.807) is 0 Å². The number of hydrogen-bond donors (Lipinski definition) is 0. The second kappa shape index (κ2) is 2.53. The van der Waals surface area contributed by atoms with E-state index in [0.717, 1.165) is 6.42 Å². The van der Waals surface area contributed by atoms with Crippen LogP contribution in [0.1, 0.15) is 51.9 Å². The molecular formula is C12H18O2. The van der Waals surface area contributed by atoms with Gasteiger partial charge in [-0.1, -0.05) is 13.3 Å². The smallest absolute Gasteiger partial charge is 0.306 e. The standard InChI is InChI=1S/C12H18O2/c1-11-5-2-3-6-12(11)9(4-7-11)8-10(13)14-12/h9H,2-8H2,1H3/t9-,11+,12+/m0/s1. The van der Waals surface area contributed by atoms with Crippen LogP contribution in [0.4, 0.5) is 0 Å². The van der Waals surface area contributed by atoms with Crippen LogP contribution in [0.5, 0.6) is 0 Å². The Hall–Kier alpha value is -0.530. The quantitative estimate of drug-likeness (QED) is 0.554. The van der Waals surface area contributed by atoms with Crippen molar-refractivity contribution in [2.75, 3.05) is 0 Å². The summed E-state index contributed by atoms with van der Waals surface area (Å²) >= 11 is 0. The summed E-state index contributed by atoms with van der Waals surface area (Å²) in [7, 11) is 0. The minimum Gasteiger partial charge on any atom is -0.458 e. The summed E-state index contributed by atoms with van der Waals surface area (Å²) < 4.78 is 5.74. The van der Waals surface area contributed by atoms with Gasteiger partial charge in [-0.15, -0.1) is 0 Å². The van der Waals surface area contributed by atoms with Crippen molar-refractivity contribution in [3.05, 3.63) is 0 Å². The Balaban J connectivity index is 2.02. The van der Waals surface area contributed by atoms with Crippen LogP contribution in [0.25, 0.3) is 0 Å². The van der Waals surface area contributed by atoms with Crippen LogP contribution in [0.2, 0.25) is 0 Å². The number of rotatable bonds is 0. The fourth-order valence-corrected chi connectivity index (χ4v) is 4.15. The third-order valence-corrected chi connectivity index (χ3v) is 4.96. The molecule has 78 valence electrons. The van der Waals surface area contributed by atoms with Gasteiger partial charge in [-0.3, -0.25) is 4.79 Å². The van der Waals surface area contributed by atoms with E-state index >= 15 is 0 Å². The maximum absolute atomic E-state index is 11.4. The topological polar surface area (TPSA) is 26.3 Å². The lowest BCUT2D eigenvalue weighted by molar-refractivity contribution is -0.165. The van der Waals surface area contributed by atoms with Gasteiger partial charge in [0.1, 0.15) is 5.60 Å². The summed E-state index contributed by atoms with van der Waals surface area (Å²) in [5.41, 5.74) is 0.268. The van der Waals surface area contributed by atoms with Gasteiger partial charge in [0.15, 0.2) is 0 Å². The fourth-order valence-electron chi connectivity index (χ4n) is 4.15. The van der Waals surface area contributed by atoms with Gasteiger partial charge in [0.05, 0.1) is 6.42 Å². The molecule has 0 N–H and O–H groups in total. The average molecular weight is 194 g/mol. The Kier molecular flexibility index (Phi) is 1.58. The Morgan fingerprint density at radius 2 is 2.07 bits per heavy atom. The first-order valence-electron chi connectivity index (χ1n) is 5.88. The largest absolute Gasteiger partial charge is 0.458 e. The molecule has 2 nitrogen and oxygen atoms in total. The maximum Gasteiger partial charge on any atom is 0.306 e. The van der Waals surface area contributed by atoms with Crippen molar-refractivity contribution in [1.29, 1.82) is 0 Å². The molecule has 3 atom stereocenters. The highest BCUT2D eigenvalue weighted by Gasteiger charge is 2.64. The highest BCUT2D eigenvalue weighted by atomic mass is 16.6. The first-order valence-corrected chi connectivity index (χ1v) is 5.88. The highest BCUT2D eigenvalue weighted by Crippen LogP contribution is 2.62. The number of carbonyl (C=O) groups excluding carboxylic acids is 1. The molecule has 0 aromatic rings. The lowest BCUT2D eigenvalue weighted by atomic mass is 9.64. The molecule has 3 aliphatic rings. The van der Waals surface area contributed by atoms with Gasteiger partial charge >= 0.3 is 5.97 Å². The summed E-state index contributed by atoms with van der Waals surface area (Å²) in [5, 5.41) is 0. The van der Waals surface area contributed by atoms with Crippen molar-refractivity contribution in [2.24, 2.45) is 11.3 Å². The van der Waals surface area contributed by atoms with Gasteiger partial charge in [0, 0.05) is 11.3 Å². The van der Waals surface area contributed by atoms with Crippen LogP contribution >= 0.6 is 0 Å². The molecule has 1 heterocycles. The SMILES string of the molecule is C[C@]12CCCC[C@]13OC(=O)C[C@@H]3CC2. The van der Waals surface area contributed by atoms with Crippen molar-refractivity contribution < 1.29 is 9.53 Å². The molecule has 0 unspecified atom stereocenters. The lowest BCUT2D eigenvalue weighted by Crippen LogP contribution is -2.48. The van der Waals surface area contributed by atoms with Crippen LogP contribution in [0, 0.1) is 11.3 Å². The van der Waals surface area contributed by atoms with Crippen molar-refractivity contribution in [3.63, 3.8) is 0 Å². The van der Waals surface area contributed by atoms with Gasteiger partial charge in [-0.2, -0.15) is 0 Å². The van der Waals surface area contributed by atoms with Crippen molar-refractivity contribution in [1.82, 2.24) is 0 Å². The highest BCUT2D eigenvalue weighted by molar-refractivity contribution is 5.73. The lowest BCUT2D eigenvalue weighted by Gasteiger charge is -2.46. The van der Waals surface area contributed by atoms with Crippen LogP contribution in [-0.4, -0.2) is 11.6 Å². The van der Waals surface area contributed by atoms with Crippen LogP contribution in [0.15, 0.2) is 0 Å². The molecule has 1 aliphatic heterocycles. The molecule has 2 saturated carbocycles. The zero-order valence-electron chi connectivity index (χ0n) is 8.84. The fraction of sp³-hybridized carbons (Fsp3) is 0.917. The summed E-state index contributed by atoms with van der Waals surface area (Å²) in [6, 6.07) is 0. The van der Waals surface area contributed by atoms with Gasteiger partial charge in [0.25, 0.3) is 0 Å².